The lowest BCUT2D eigenvalue weighted by atomic mass is 10.1. The summed E-state index contributed by atoms with van der Waals surface area (Å²) in [5.74, 6) is 0.699. The van der Waals surface area contributed by atoms with E-state index in [9.17, 15) is 5.11 Å². The molecular weight excluding hydrogens is 244 g/mol. The number of aromatic nitrogens is 2. The van der Waals surface area contributed by atoms with E-state index in [1.54, 1.807) is 24.9 Å². The predicted molar refractivity (Wildman–Crippen MR) is 74.6 cm³/mol. The van der Waals surface area contributed by atoms with E-state index in [0.29, 0.717) is 5.82 Å². The molecule has 2 rings (SSSR count). The van der Waals surface area contributed by atoms with Crippen LogP contribution in [0, 0.1) is 6.92 Å². The van der Waals surface area contributed by atoms with Crippen molar-refractivity contribution in [3.05, 3.63) is 41.7 Å². The smallest absolute Gasteiger partial charge is 0.159 e. The molecule has 0 radical (unpaired) electrons. The minimum absolute atomic E-state index is 0.530. The lowest BCUT2D eigenvalue weighted by Crippen LogP contribution is -2.01. The highest BCUT2D eigenvalue weighted by Crippen LogP contribution is 2.22. The van der Waals surface area contributed by atoms with Crippen molar-refractivity contribution in [2.45, 2.75) is 24.8 Å². The summed E-state index contributed by atoms with van der Waals surface area (Å²) in [5.41, 5.74) is 2.59. The molecule has 1 aromatic heterocycles. The van der Waals surface area contributed by atoms with E-state index in [1.807, 2.05) is 25.3 Å². The van der Waals surface area contributed by atoms with E-state index in [1.165, 1.54) is 4.90 Å². The molecule has 1 aromatic carbocycles. The summed E-state index contributed by atoms with van der Waals surface area (Å²) in [6.45, 7) is 3.61. The number of aryl methyl sites for hydroxylation is 1. The molecule has 2 aromatic rings. The van der Waals surface area contributed by atoms with Gasteiger partial charge in [-0.15, -0.1) is 11.8 Å². The molecule has 0 spiro atoms. The van der Waals surface area contributed by atoms with Crippen molar-refractivity contribution in [2.24, 2.45) is 0 Å². The second-order valence-corrected chi connectivity index (χ2v) is 5.02. The topological polar surface area (TPSA) is 46.0 Å². The molecule has 1 N–H and O–H groups in total. The third-order valence-electron chi connectivity index (χ3n) is 2.82. The molecule has 4 heteroatoms. The van der Waals surface area contributed by atoms with E-state index >= 15 is 0 Å². The number of aliphatic hydroxyl groups excluding tert-OH is 1. The van der Waals surface area contributed by atoms with Gasteiger partial charge in [-0.25, -0.2) is 9.97 Å². The largest absolute Gasteiger partial charge is 0.389 e. The first-order chi connectivity index (χ1) is 8.61. The highest BCUT2D eigenvalue weighted by molar-refractivity contribution is 7.98. The van der Waals surface area contributed by atoms with Crippen molar-refractivity contribution >= 4 is 11.8 Å². The highest BCUT2D eigenvalue weighted by atomic mass is 32.2. The van der Waals surface area contributed by atoms with Gasteiger partial charge in [-0.1, -0.05) is 12.1 Å². The first-order valence-corrected chi connectivity index (χ1v) is 7.00. The highest BCUT2D eigenvalue weighted by Gasteiger charge is 2.09. The summed E-state index contributed by atoms with van der Waals surface area (Å²) in [7, 11) is 0. The Morgan fingerprint density at radius 3 is 2.39 bits per heavy atom. The zero-order valence-corrected chi connectivity index (χ0v) is 11.5. The quantitative estimate of drug-likeness (QED) is 0.861. The van der Waals surface area contributed by atoms with Crippen LogP contribution in [0.1, 0.15) is 24.3 Å². The molecule has 0 saturated heterocycles. The molecule has 3 nitrogen and oxygen atoms in total. The number of nitrogens with zero attached hydrogens (tertiary/aromatic N) is 2. The van der Waals surface area contributed by atoms with E-state index in [4.69, 9.17) is 0 Å². The lowest BCUT2D eigenvalue weighted by Gasteiger charge is -2.09. The Kier molecular flexibility index (Phi) is 3.99. The Balaban J connectivity index is 2.36. The van der Waals surface area contributed by atoms with Crippen molar-refractivity contribution in [2.75, 3.05) is 6.26 Å². The average Bonchev–Trinajstić information content (AvgIpc) is 2.38. The summed E-state index contributed by atoms with van der Waals surface area (Å²) in [5, 5.41) is 9.55. The Morgan fingerprint density at radius 1 is 1.22 bits per heavy atom. The third kappa shape index (κ3) is 2.71. The van der Waals surface area contributed by atoms with Gasteiger partial charge in [0.15, 0.2) is 5.82 Å². The maximum absolute atomic E-state index is 9.55. The Hall–Kier alpha value is -1.39. The average molecular weight is 260 g/mol. The van der Waals surface area contributed by atoms with Crippen LogP contribution in [0.3, 0.4) is 0 Å². The second-order valence-electron chi connectivity index (χ2n) is 4.14. The Labute approximate surface area is 111 Å². The first kappa shape index (κ1) is 13.1. The van der Waals surface area contributed by atoms with Crippen LogP contribution in [-0.4, -0.2) is 21.3 Å². The maximum Gasteiger partial charge on any atom is 0.159 e. The fourth-order valence-electron chi connectivity index (χ4n) is 1.77. The van der Waals surface area contributed by atoms with Gasteiger partial charge in [-0.05, 0) is 32.2 Å². The number of thioether (sulfide) groups is 1. The van der Waals surface area contributed by atoms with Crippen molar-refractivity contribution < 1.29 is 5.11 Å². The number of aliphatic hydroxyl groups is 1. The molecule has 18 heavy (non-hydrogen) atoms. The van der Waals surface area contributed by atoms with Crippen LogP contribution in [0.25, 0.3) is 11.4 Å². The SMILES string of the molecule is CSc1ccc(-c2ncc(C(C)O)c(C)n2)cc1. The van der Waals surface area contributed by atoms with E-state index in [2.05, 4.69) is 22.1 Å². The molecule has 94 valence electrons. The zero-order chi connectivity index (χ0) is 13.1. The summed E-state index contributed by atoms with van der Waals surface area (Å²) in [4.78, 5) is 9.97. The molecule has 1 heterocycles. The van der Waals surface area contributed by atoms with Gasteiger partial charge in [0.25, 0.3) is 0 Å². The molecule has 0 amide bonds. The van der Waals surface area contributed by atoms with Gasteiger partial charge in [-0.3, -0.25) is 0 Å². The zero-order valence-electron chi connectivity index (χ0n) is 10.7. The molecule has 0 aliphatic rings. The van der Waals surface area contributed by atoms with Crippen LogP contribution < -0.4 is 0 Å². The maximum atomic E-state index is 9.55. The molecule has 1 atom stereocenters. The van der Waals surface area contributed by atoms with E-state index < -0.39 is 6.10 Å². The van der Waals surface area contributed by atoms with Crippen molar-refractivity contribution in [1.82, 2.24) is 9.97 Å². The number of hydrogen-bond donors (Lipinski definition) is 1. The van der Waals surface area contributed by atoms with Gasteiger partial charge < -0.3 is 5.11 Å². The molecule has 0 bridgehead atoms. The van der Waals surface area contributed by atoms with Gasteiger partial charge in [-0.2, -0.15) is 0 Å². The standard InChI is InChI=1S/C14H16N2OS/c1-9-13(10(2)17)8-15-14(16-9)11-4-6-12(18-3)7-5-11/h4-8,10,17H,1-3H3. The van der Waals surface area contributed by atoms with E-state index in [-0.39, 0.29) is 0 Å². The van der Waals surface area contributed by atoms with Gasteiger partial charge in [0.1, 0.15) is 0 Å². The Bertz CT molecular complexity index is 538. The van der Waals surface area contributed by atoms with Crippen molar-refractivity contribution in [3.63, 3.8) is 0 Å². The summed E-state index contributed by atoms with van der Waals surface area (Å²) < 4.78 is 0. The summed E-state index contributed by atoms with van der Waals surface area (Å²) in [6, 6.07) is 8.15. The van der Waals surface area contributed by atoms with Crippen LogP contribution in [0.5, 0.6) is 0 Å². The van der Waals surface area contributed by atoms with Crippen LogP contribution in [-0.2, 0) is 0 Å². The fourth-order valence-corrected chi connectivity index (χ4v) is 2.17. The number of rotatable bonds is 3. The normalized spacial score (nSPS) is 12.4. The summed E-state index contributed by atoms with van der Waals surface area (Å²) >= 11 is 1.71. The monoisotopic (exact) mass is 260 g/mol. The van der Waals surface area contributed by atoms with Crippen molar-refractivity contribution in [1.29, 1.82) is 0 Å². The van der Waals surface area contributed by atoms with Crippen LogP contribution in [0.15, 0.2) is 35.4 Å². The molecule has 0 aliphatic heterocycles. The minimum Gasteiger partial charge on any atom is -0.389 e. The molecular formula is C14H16N2OS. The Morgan fingerprint density at radius 2 is 1.89 bits per heavy atom. The number of hydrogen-bond acceptors (Lipinski definition) is 4. The number of benzene rings is 1. The van der Waals surface area contributed by atoms with Gasteiger partial charge in [0.2, 0.25) is 0 Å². The van der Waals surface area contributed by atoms with Gasteiger partial charge in [0.05, 0.1) is 6.10 Å². The third-order valence-corrected chi connectivity index (χ3v) is 3.56. The lowest BCUT2D eigenvalue weighted by molar-refractivity contribution is 0.197. The predicted octanol–water partition coefficient (Wildman–Crippen LogP) is 3.23. The molecule has 0 saturated carbocycles. The fraction of sp³-hybridized carbons (Fsp3) is 0.286. The van der Waals surface area contributed by atoms with Crippen LogP contribution in [0.2, 0.25) is 0 Å². The second kappa shape index (κ2) is 5.50. The van der Waals surface area contributed by atoms with Crippen LogP contribution >= 0.6 is 11.8 Å². The minimum atomic E-state index is -0.530. The first-order valence-electron chi connectivity index (χ1n) is 5.78. The van der Waals surface area contributed by atoms with Gasteiger partial charge >= 0.3 is 0 Å². The summed E-state index contributed by atoms with van der Waals surface area (Å²) in [6.07, 6.45) is 3.22. The molecule has 1 unspecified atom stereocenters. The molecule has 0 aliphatic carbocycles. The van der Waals surface area contributed by atoms with Crippen molar-refractivity contribution in [3.8, 4) is 11.4 Å². The van der Waals surface area contributed by atoms with Crippen LogP contribution in [0.4, 0.5) is 0 Å². The van der Waals surface area contributed by atoms with E-state index in [0.717, 1.165) is 16.8 Å². The van der Waals surface area contributed by atoms with Gasteiger partial charge in [0, 0.05) is 27.9 Å². The molecule has 0 fully saturated rings.